The molecular formula is C19H24N2O3. The second-order valence-electron chi connectivity index (χ2n) is 6.56. The van der Waals surface area contributed by atoms with E-state index in [0.29, 0.717) is 30.5 Å². The van der Waals surface area contributed by atoms with Crippen LogP contribution in [0.1, 0.15) is 65.7 Å². The van der Waals surface area contributed by atoms with Gasteiger partial charge >= 0.3 is 0 Å². The van der Waals surface area contributed by atoms with E-state index in [1.807, 2.05) is 4.90 Å². The van der Waals surface area contributed by atoms with E-state index in [-0.39, 0.29) is 17.7 Å². The Bertz CT molecular complexity index is 598. The van der Waals surface area contributed by atoms with Crippen LogP contribution in [0.25, 0.3) is 0 Å². The topological polar surface area (TPSA) is 57.7 Å². The van der Waals surface area contributed by atoms with Crippen molar-refractivity contribution in [3.05, 3.63) is 35.4 Å². The molecule has 2 aliphatic rings. The van der Waals surface area contributed by atoms with Gasteiger partial charge in [-0.25, -0.2) is 0 Å². The molecule has 128 valence electrons. The Morgan fingerprint density at radius 2 is 1.42 bits per heavy atom. The summed E-state index contributed by atoms with van der Waals surface area (Å²) in [6.45, 7) is 1.99. The second kappa shape index (κ2) is 7.60. The molecule has 0 spiro atoms. The number of imide groups is 1. The van der Waals surface area contributed by atoms with E-state index in [2.05, 4.69) is 0 Å². The fourth-order valence-corrected chi connectivity index (χ4v) is 3.49. The lowest BCUT2D eigenvalue weighted by Gasteiger charge is -2.25. The maximum Gasteiger partial charge on any atom is 0.261 e. The summed E-state index contributed by atoms with van der Waals surface area (Å²) in [4.78, 5) is 40.1. The van der Waals surface area contributed by atoms with Crippen molar-refractivity contribution in [1.82, 2.24) is 9.80 Å². The Labute approximate surface area is 142 Å². The summed E-state index contributed by atoms with van der Waals surface area (Å²) in [5.41, 5.74) is 0.940. The molecule has 1 aromatic carbocycles. The van der Waals surface area contributed by atoms with E-state index < -0.39 is 0 Å². The Hall–Kier alpha value is -2.17. The van der Waals surface area contributed by atoms with Gasteiger partial charge in [-0.15, -0.1) is 0 Å². The summed E-state index contributed by atoms with van der Waals surface area (Å²) in [5.74, 6) is -0.336. The molecule has 0 saturated carbocycles. The average molecular weight is 328 g/mol. The van der Waals surface area contributed by atoms with Crippen molar-refractivity contribution >= 4 is 17.7 Å². The molecule has 0 atom stereocenters. The quantitative estimate of drug-likeness (QED) is 0.799. The van der Waals surface area contributed by atoms with Crippen molar-refractivity contribution in [2.24, 2.45) is 0 Å². The molecule has 5 nitrogen and oxygen atoms in total. The Morgan fingerprint density at radius 1 is 0.875 bits per heavy atom. The second-order valence-corrected chi connectivity index (χ2v) is 6.56. The molecule has 1 aromatic rings. The van der Waals surface area contributed by atoms with Crippen LogP contribution in [0.5, 0.6) is 0 Å². The van der Waals surface area contributed by atoms with Crippen LogP contribution in [-0.2, 0) is 4.79 Å². The fraction of sp³-hybridized carbons (Fsp3) is 0.526. The molecule has 2 heterocycles. The molecule has 24 heavy (non-hydrogen) atoms. The van der Waals surface area contributed by atoms with E-state index in [1.165, 1.54) is 24.2 Å². The standard InChI is InChI=1S/C19H24N2O3/c22-17(20-12-6-2-1-3-7-13-20)11-8-14-21-18(23)15-9-4-5-10-16(15)19(21)24/h4-5,9-10H,1-3,6-8,11-14H2. The largest absolute Gasteiger partial charge is 0.343 e. The third kappa shape index (κ3) is 3.50. The van der Waals surface area contributed by atoms with Gasteiger partial charge < -0.3 is 4.90 Å². The van der Waals surface area contributed by atoms with Crippen molar-refractivity contribution in [1.29, 1.82) is 0 Å². The molecule has 3 rings (SSSR count). The van der Waals surface area contributed by atoms with Gasteiger partial charge in [0.2, 0.25) is 5.91 Å². The SMILES string of the molecule is O=C(CCCN1C(=O)c2ccccc2C1=O)N1CCCCCCC1. The van der Waals surface area contributed by atoms with Crippen LogP contribution >= 0.6 is 0 Å². The summed E-state index contributed by atoms with van der Waals surface area (Å²) in [6, 6.07) is 6.89. The van der Waals surface area contributed by atoms with Gasteiger partial charge in [-0.1, -0.05) is 31.4 Å². The van der Waals surface area contributed by atoms with E-state index in [0.717, 1.165) is 25.9 Å². The third-order valence-corrected chi connectivity index (χ3v) is 4.86. The predicted octanol–water partition coefficient (Wildman–Crippen LogP) is 2.86. The zero-order valence-electron chi connectivity index (χ0n) is 14.0. The highest BCUT2D eigenvalue weighted by Gasteiger charge is 2.34. The number of hydrogen-bond donors (Lipinski definition) is 0. The minimum atomic E-state index is -0.241. The lowest BCUT2D eigenvalue weighted by Crippen LogP contribution is -2.35. The molecule has 0 radical (unpaired) electrons. The lowest BCUT2D eigenvalue weighted by atomic mass is 10.1. The zero-order chi connectivity index (χ0) is 16.9. The van der Waals surface area contributed by atoms with E-state index >= 15 is 0 Å². The van der Waals surface area contributed by atoms with Crippen molar-refractivity contribution in [2.45, 2.75) is 44.9 Å². The highest BCUT2D eigenvalue weighted by Crippen LogP contribution is 2.22. The molecule has 3 amide bonds. The number of benzene rings is 1. The molecule has 1 fully saturated rings. The number of rotatable bonds is 4. The molecule has 0 bridgehead atoms. The third-order valence-electron chi connectivity index (χ3n) is 4.86. The van der Waals surface area contributed by atoms with Crippen LogP contribution in [0, 0.1) is 0 Å². The summed E-state index contributed by atoms with van der Waals surface area (Å²) in [5, 5.41) is 0. The number of amides is 3. The number of carbonyl (C=O) groups excluding carboxylic acids is 3. The van der Waals surface area contributed by atoms with Crippen LogP contribution in [0.15, 0.2) is 24.3 Å². The molecule has 5 heteroatoms. The first-order valence-electron chi connectivity index (χ1n) is 8.91. The van der Waals surface area contributed by atoms with Gasteiger partial charge in [-0.05, 0) is 31.4 Å². The molecule has 1 saturated heterocycles. The van der Waals surface area contributed by atoms with Crippen LogP contribution in [0.2, 0.25) is 0 Å². The average Bonchev–Trinajstić information content (AvgIpc) is 2.80. The number of fused-ring (bicyclic) bond motifs is 1. The Morgan fingerprint density at radius 3 is 2.00 bits per heavy atom. The molecular weight excluding hydrogens is 304 g/mol. The van der Waals surface area contributed by atoms with Gasteiger partial charge in [-0.3, -0.25) is 19.3 Å². The lowest BCUT2D eigenvalue weighted by molar-refractivity contribution is -0.131. The van der Waals surface area contributed by atoms with E-state index in [4.69, 9.17) is 0 Å². The maximum absolute atomic E-state index is 12.4. The van der Waals surface area contributed by atoms with Gasteiger partial charge in [0.25, 0.3) is 11.8 Å². The first kappa shape index (κ1) is 16.7. The van der Waals surface area contributed by atoms with Gasteiger partial charge in [0.05, 0.1) is 11.1 Å². The van der Waals surface area contributed by atoms with Gasteiger partial charge in [0.1, 0.15) is 0 Å². The fourth-order valence-electron chi connectivity index (χ4n) is 3.49. The highest BCUT2D eigenvalue weighted by molar-refractivity contribution is 6.21. The summed E-state index contributed by atoms with van der Waals surface area (Å²) in [7, 11) is 0. The van der Waals surface area contributed by atoms with Crippen LogP contribution in [-0.4, -0.2) is 47.2 Å². The number of hydrogen-bond acceptors (Lipinski definition) is 3. The first-order valence-corrected chi connectivity index (χ1v) is 8.91. The highest BCUT2D eigenvalue weighted by atomic mass is 16.2. The first-order chi connectivity index (χ1) is 11.7. The molecule has 2 aliphatic heterocycles. The van der Waals surface area contributed by atoms with Gasteiger partial charge in [0, 0.05) is 26.1 Å². The van der Waals surface area contributed by atoms with Crippen LogP contribution < -0.4 is 0 Å². The molecule has 0 aliphatic carbocycles. The Balaban J connectivity index is 1.51. The van der Waals surface area contributed by atoms with Gasteiger partial charge in [0.15, 0.2) is 0 Å². The molecule has 0 unspecified atom stereocenters. The normalized spacial score (nSPS) is 18.3. The predicted molar refractivity (Wildman–Crippen MR) is 90.7 cm³/mol. The Kier molecular flexibility index (Phi) is 5.28. The zero-order valence-corrected chi connectivity index (χ0v) is 14.0. The maximum atomic E-state index is 12.4. The van der Waals surface area contributed by atoms with Crippen LogP contribution in [0.4, 0.5) is 0 Å². The van der Waals surface area contributed by atoms with Crippen molar-refractivity contribution in [2.75, 3.05) is 19.6 Å². The number of carbonyl (C=O) groups is 3. The van der Waals surface area contributed by atoms with Gasteiger partial charge in [-0.2, -0.15) is 0 Å². The number of nitrogens with zero attached hydrogens (tertiary/aromatic N) is 2. The van der Waals surface area contributed by atoms with Crippen molar-refractivity contribution < 1.29 is 14.4 Å². The van der Waals surface area contributed by atoms with Crippen LogP contribution in [0.3, 0.4) is 0 Å². The van der Waals surface area contributed by atoms with Crippen molar-refractivity contribution in [3.63, 3.8) is 0 Å². The minimum Gasteiger partial charge on any atom is -0.343 e. The summed E-state index contributed by atoms with van der Waals surface area (Å²) < 4.78 is 0. The molecule has 0 N–H and O–H groups in total. The van der Waals surface area contributed by atoms with Crippen molar-refractivity contribution in [3.8, 4) is 0 Å². The minimum absolute atomic E-state index is 0.147. The monoisotopic (exact) mass is 328 g/mol. The number of likely N-dealkylation sites (tertiary alicyclic amines) is 1. The van der Waals surface area contributed by atoms with E-state index in [1.54, 1.807) is 24.3 Å². The summed E-state index contributed by atoms with van der Waals surface area (Å²) in [6.07, 6.45) is 6.72. The summed E-state index contributed by atoms with van der Waals surface area (Å²) >= 11 is 0. The molecule has 0 aromatic heterocycles. The smallest absolute Gasteiger partial charge is 0.261 e. The van der Waals surface area contributed by atoms with E-state index in [9.17, 15) is 14.4 Å².